The third-order valence-corrected chi connectivity index (χ3v) is 4.98. The predicted molar refractivity (Wildman–Crippen MR) is 88.3 cm³/mol. The second-order valence-corrected chi connectivity index (χ2v) is 6.13. The molecule has 1 aliphatic heterocycles. The molecule has 0 radical (unpaired) electrons. The fourth-order valence-electron chi connectivity index (χ4n) is 3.19. The third kappa shape index (κ3) is 2.06. The van der Waals surface area contributed by atoms with E-state index in [0.717, 1.165) is 18.5 Å². The fourth-order valence-corrected chi connectivity index (χ4v) is 3.61. The molecule has 0 saturated carbocycles. The van der Waals surface area contributed by atoms with E-state index in [1.165, 1.54) is 22.2 Å². The largest absolute Gasteiger partial charge is 0.357 e. The Morgan fingerprint density at radius 2 is 1.86 bits per heavy atom. The molecule has 2 heterocycles. The molecule has 2 nitrogen and oxygen atoms in total. The van der Waals surface area contributed by atoms with Gasteiger partial charge in [0.1, 0.15) is 0 Å². The van der Waals surface area contributed by atoms with Crippen molar-refractivity contribution in [3.63, 3.8) is 0 Å². The lowest BCUT2D eigenvalue weighted by atomic mass is 9.94. The summed E-state index contributed by atoms with van der Waals surface area (Å²) in [6, 6.07) is 14.3. The number of aromatic amines is 1. The molecule has 0 aliphatic carbocycles. The Balaban J connectivity index is 1.92. The molecule has 3 aromatic rings. The van der Waals surface area contributed by atoms with E-state index < -0.39 is 0 Å². The van der Waals surface area contributed by atoms with Gasteiger partial charge in [0.25, 0.3) is 0 Å². The zero-order valence-electron chi connectivity index (χ0n) is 11.3. The first-order valence-corrected chi connectivity index (χ1v) is 7.78. The van der Waals surface area contributed by atoms with Crippen LogP contribution in [-0.4, -0.2) is 11.5 Å². The Labute approximate surface area is 133 Å². The van der Waals surface area contributed by atoms with Gasteiger partial charge in [0, 0.05) is 23.1 Å². The van der Waals surface area contributed by atoms with Gasteiger partial charge in [-0.25, -0.2) is 0 Å². The summed E-state index contributed by atoms with van der Waals surface area (Å²) >= 11 is 12.6. The van der Waals surface area contributed by atoms with Crippen LogP contribution in [0.25, 0.3) is 10.9 Å². The highest BCUT2D eigenvalue weighted by atomic mass is 35.5. The van der Waals surface area contributed by atoms with Gasteiger partial charge in [-0.15, -0.1) is 0 Å². The lowest BCUT2D eigenvalue weighted by molar-refractivity contribution is 0.560. The summed E-state index contributed by atoms with van der Waals surface area (Å²) < 4.78 is 0. The topological polar surface area (TPSA) is 27.8 Å². The van der Waals surface area contributed by atoms with Crippen molar-refractivity contribution >= 4 is 34.1 Å². The van der Waals surface area contributed by atoms with Crippen LogP contribution in [-0.2, 0) is 6.42 Å². The van der Waals surface area contributed by atoms with Crippen LogP contribution >= 0.6 is 23.2 Å². The van der Waals surface area contributed by atoms with Crippen LogP contribution in [0.3, 0.4) is 0 Å². The molecule has 1 aromatic heterocycles. The van der Waals surface area contributed by atoms with E-state index >= 15 is 0 Å². The van der Waals surface area contributed by atoms with Gasteiger partial charge in [0.05, 0.1) is 16.1 Å². The fraction of sp³-hybridized carbons (Fsp3) is 0.176. The van der Waals surface area contributed by atoms with Crippen molar-refractivity contribution < 1.29 is 0 Å². The number of halogens is 2. The predicted octanol–water partition coefficient (Wildman–Crippen LogP) is 4.71. The molecule has 106 valence electrons. The number of para-hydroxylation sites is 1. The molecule has 0 bridgehead atoms. The molecule has 4 heteroatoms. The monoisotopic (exact) mass is 316 g/mol. The molecule has 2 N–H and O–H groups in total. The lowest BCUT2D eigenvalue weighted by Gasteiger charge is -2.25. The number of hydrogen-bond donors (Lipinski definition) is 2. The second-order valence-electron chi connectivity index (χ2n) is 5.34. The molecule has 2 aromatic carbocycles. The maximum atomic E-state index is 6.41. The van der Waals surface area contributed by atoms with Crippen LogP contribution in [0, 0.1) is 0 Å². The van der Waals surface area contributed by atoms with E-state index in [-0.39, 0.29) is 6.04 Å². The van der Waals surface area contributed by atoms with Crippen molar-refractivity contribution in [3.8, 4) is 0 Å². The highest BCUT2D eigenvalue weighted by molar-refractivity contribution is 6.42. The summed E-state index contributed by atoms with van der Waals surface area (Å²) in [6.45, 7) is 0.933. The van der Waals surface area contributed by atoms with Crippen molar-refractivity contribution in [2.75, 3.05) is 6.54 Å². The average molecular weight is 317 g/mol. The zero-order chi connectivity index (χ0) is 14.4. The summed E-state index contributed by atoms with van der Waals surface area (Å²) in [5, 5.41) is 6.07. The molecule has 0 amide bonds. The van der Waals surface area contributed by atoms with Gasteiger partial charge < -0.3 is 10.3 Å². The molecule has 0 spiro atoms. The van der Waals surface area contributed by atoms with Crippen LogP contribution in [0.1, 0.15) is 22.9 Å². The van der Waals surface area contributed by atoms with Gasteiger partial charge in [-0.2, -0.15) is 0 Å². The Kier molecular flexibility index (Phi) is 3.18. The minimum absolute atomic E-state index is 0.0624. The van der Waals surface area contributed by atoms with Gasteiger partial charge in [-0.1, -0.05) is 53.5 Å². The summed E-state index contributed by atoms with van der Waals surface area (Å²) in [4.78, 5) is 3.55. The number of rotatable bonds is 1. The molecule has 0 saturated heterocycles. The smallest absolute Gasteiger partial charge is 0.0747 e. The quantitative estimate of drug-likeness (QED) is 0.668. The molecule has 21 heavy (non-hydrogen) atoms. The van der Waals surface area contributed by atoms with Crippen molar-refractivity contribution in [3.05, 3.63) is 69.3 Å². The Morgan fingerprint density at radius 1 is 1.00 bits per heavy atom. The Morgan fingerprint density at radius 3 is 2.76 bits per heavy atom. The first-order valence-electron chi connectivity index (χ1n) is 7.02. The maximum Gasteiger partial charge on any atom is 0.0747 e. The maximum absolute atomic E-state index is 6.41. The van der Waals surface area contributed by atoms with Crippen LogP contribution in [0.4, 0.5) is 0 Å². The van der Waals surface area contributed by atoms with Crippen molar-refractivity contribution in [1.82, 2.24) is 10.3 Å². The number of fused-ring (bicyclic) bond motifs is 3. The SMILES string of the molecule is Clc1cccc([C@H]2NCCc3c2[nH]c2ccccc32)c1Cl. The second kappa shape index (κ2) is 5.06. The minimum atomic E-state index is 0.0624. The van der Waals surface area contributed by atoms with Crippen molar-refractivity contribution in [1.29, 1.82) is 0 Å². The molecule has 0 unspecified atom stereocenters. The Bertz CT molecular complexity index is 823. The van der Waals surface area contributed by atoms with Gasteiger partial charge in [-0.05, 0) is 29.7 Å². The van der Waals surface area contributed by atoms with Crippen LogP contribution in [0.2, 0.25) is 10.0 Å². The van der Waals surface area contributed by atoms with Gasteiger partial charge >= 0.3 is 0 Å². The van der Waals surface area contributed by atoms with Crippen molar-refractivity contribution in [2.45, 2.75) is 12.5 Å². The first kappa shape index (κ1) is 13.2. The first-order chi connectivity index (χ1) is 10.3. The van der Waals surface area contributed by atoms with E-state index in [0.29, 0.717) is 10.0 Å². The van der Waals surface area contributed by atoms with Crippen LogP contribution < -0.4 is 5.32 Å². The van der Waals surface area contributed by atoms with Gasteiger partial charge in [0.2, 0.25) is 0 Å². The van der Waals surface area contributed by atoms with E-state index in [1.807, 2.05) is 18.2 Å². The highest BCUT2D eigenvalue weighted by Crippen LogP contribution is 2.37. The lowest BCUT2D eigenvalue weighted by Crippen LogP contribution is -2.30. The summed E-state index contributed by atoms with van der Waals surface area (Å²) in [7, 11) is 0. The van der Waals surface area contributed by atoms with Crippen LogP contribution in [0.5, 0.6) is 0 Å². The van der Waals surface area contributed by atoms with Crippen LogP contribution in [0.15, 0.2) is 42.5 Å². The standard InChI is InChI=1S/C17H14Cl2N2/c18-13-6-3-5-12(15(13)19)16-17-11(8-9-20-16)10-4-1-2-7-14(10)21-17/h1-7,16,20-21H,8-9H2/t16-/m1/s1. The number of H-pyrrole nitrogens is 1. The van der Waals surface area contributed by atoms with Gasteiger partial charge in [-0.3, -0.25) is 0 Å². The van der Waals surface area contributed by atoms with E-state index in [4.69, 9.17) is 23.2 Å². The summed E-state index contributed by atoms with van der Waals surface area (Å²) in [6.07, 6.45) is 1.02. The number of benzene rings is 2. The number of aromatic nitrogens is 1. The minimum Gasteiger partial charge on any atom is -0.357 e. The normalized spacial score (nSPS) is 17.9. The van der Waals surface area contributed by atoms with Gasteiger partial charge in [0.15, 0.2) is 0 Å². The van der Waals surface area contributed by atoms with E-state index in [2.05, 4.69) is 34.6 Å². The molecular formula is C17H14Cl2N2. The van der Waals surface area contributed by atoms with E-state index in [9.17, 15) is 0 Å². The molecule has 4 rings (SSSR count). The highest BCUT2D eigenvalue weighted by Gasteiger charge is 2.26. The molecular weight excluding hydrogens is 303 g/mol. The zero-order valence-corrected chi connectivity index (χ0v) is 12.8. The third-order valence-electron chi connectivity index (χ3n) is 4.15. The number of hydrogen-bond acceptors (Lipinski definition) is 1. The molecule has 1 aliphatic rings. The molecule has 1 atom stereocenters. The Hall–Kier alpha value is -1.48. The summed E-state index contributed by atoms with van der Waals surface area (Å²) in [5.41, 5.74) is 4.78. The number of nitrogens with one attached hydrogen (secondary N) is 2. The summed E-state index contributed by atoms with van der Waals surface area (Å²) in [5.74, 6) is 0. The molecule has 0 fully saturated rings. The average Bonchev–Trinajstić information content (AvgIpc) is 2.89. The van der Waals surface area contributed by atoms with Crippen molar-refractivity contribution in [2.24, 2.45) is 0 Å². The van der Waals surface area contributed by atoms with E-state index in [1.54, 1.807) is 0 Å².